The molecule has 1 aromatic heterocycles. The van der Waals surface area contributed by atoms with E-state index in [2.05, 4.69) is 15.6 Å². The molecule has 3 amide bonds. The standard InChI is InChI=1S/C25H26N4O2/c1-18-12-14-19(15-13-18)22-10-5-11-23(27-22)28-24(30)20-7-6-16-29(17-20)25(31)26-21-8-3-2-4-9-21/h2-5,8-15,20H,6-7,16-17H2,1H3,(H,26,31)(H,27,28,30). The van der Waals surface area contributed by atoms with Gasteiger partial charge in [-0.25, -0.2) is 9.78 Å². The second kappa shape index (κ2) is 9.43. The summed E-state index contributed by atoms with van der Waals surface area (Å²) in [5, 5.41) is 5.83. The average molecular weight is 415 g/mol. The molecule has 0 aliphatic carbocycles. The number of likely N-dealkylation sites (tertiary alicyclic amines) is 1. The number of nitrogens with zero attached hydrogens (tertiary/aromatic N) is 2. The van der Waals surface area contributed by atoms with Crippen molar-refractivity contribution in [1.29, 1.82) is 0 Å². The Morgan fingerprint density at radius 2 is 1.71 bits per heavy atom. The molecule has 1 fully saturated rings. The summed E-state index contributed by atoms with van der Waals surface area (Å²) in [6.45, 7) is 3.08. The molecule has 0 radical (unpaired) electrons. The highest BCUT2D eigenvalue weighted by molar-refractivity contribution is 5.93. The SMILES string of the molecule is Cc1ccc(-c2cccc(NC(=O)C3CCCN(C(=O)Nc4ccccc4)C3)n2)cc1. The monoisotopic (exact) mass is 414 g/mol. The quantitative estimate of drug-likeness (QED) is 0.635. The van der Waals surface area contributed by atoms with Gasteiger partial charge in [0.25, 0.3) is 0 Å². The smallest absolute Gasteiger partial charge is 0.321 e. The van der Waals surface area contributed by atoms with Crippen LogP contribution in [0.15, 0.2) is 72.8 Å². The van der Waals surface area contributed by atoms with Gasteiger partial charge in [-0.1, -0.05) is 54.1 Å². The van der Waals surface area contributed by atoms with Gasteiger partial charge in [0.1, 0.15) is 5.82 Å². The number of carbonyl (C=O) groups is 2. The summed E-state index contributed by atoms with van der Waals surface area (Å²) < 4.78 is 0. The minimum atomic E-state index is -0.264. The summed E-state index contributed by atoms with van der Waals surface area (Å²) in [4.78, 5) is 31.8. The van der Waals surface area contributed by atoms with E-state index in [4.69, 9.17) is 0 Å². The van der Waals surface area contributed by atoms with Gasteiger partial charge in [0.2, 0.25) is 5.91 Å². The Hall–Kier alpha value is -3.67. The third-order valence-electron chi connectivity index (χ3n) is 5.45. The number of amides is 3. The number of pyridine rings is 1. The average Bonchev–Trinajstić information content (AvgIpc) is 2.80. The number of piperidine rings is 1. The van der Waals surface area contributed by atoms with Crippen molar-refractivity contribution in [1.82, 2.24) is 9.88 Å². The molecule has 2 heterocycles. The maximum absolute atomic E-state index is 12.9. The number of urea groups is 1. The van der Waals surface area contributed by atoms with Crippen LogP contribution in [0, 0.1) is 12.8 Å². The van der Waals surface area contributed by atoms with E-state index in [9.17, 15) is 9.59 Å². The van der Waals surface area contributed by atoms with Crippen molar-refractivity contribution in [3.8, 4) is 11.3 Å². The maximum atomic E-state index is 12.9. The summed E-state index contributed by atoms with van der Waals surface area (Å²) in [5.41, 5.74) is 3.75. The Labute approximate surface area is 182 Å². The Bertz CT molecular complexity index is 1050. The Balaban J connectivity index is 1.38. The fraction of sp³-hybridized carbons (Fsp3) is 0.240. The molecule has 0 spiro atoms. The van der Waals surface area contributed by atoms with Crippen LogP contribution in [-0.2, 0) is 4.79 Å². The van der Waals surface area contributed by atoms with Crippen molar-refractivity contribution >= 4 is 23.4 Å². The summed E-state index contributed by atoms with van der Waals surface area (Å²) >= 11 is 0. The third kappa shape index (κ3) is 5.28. The zero-order chi connectivity index (χ0) is 21.6. The van der Waals surface area contributed by atoms with Crippen LogP contribution >= 0.6 is 0 Å². The molecule has 158 valence electrons. The molecule has 1 atom stereocenters. The largest absolute Gasteiger partial charge is 0.324 e. The molecule has 3 aromatic rings. The van der Waals surface area contributed by atoms with Gasteiger partial charge < -0.3 is 15.5 Å². The van der Waals surface area contributed by atoms with Crippen molar-refractivity contribution < 1.29 is 9.59 Å². The third-order valence-corrected chi connectivity index (χ3v) is 5.45. The van der Waals surface area contributed by atoms with Crippen LogP contribution in [0.1, 0.15) is 18.4 Å². The number of benzene rings is 2. The van der Waals surface area contributed by atoms with E-state index in [1.807, 2.05) is 73.7 Å². The van der Waals surface area contributed by atoms with E-state index in [0.717, 1.165) is 29.8 Å². The highest BCUT2D eigenvalue weighted by Crippen LogP contribution is 2.22. The Morgan fingerprint density at radius 1 is 0.935 bits per heavy atom. The number of rotatable bonds is 4. The second-order valence-electron chi connectivity index (χ2n) is 7.84. The summed E-state index contributed by atoms with van der Waals surface area (Å²) in [6, 6.07) is 22.9. The first-order chi connectivity index (χ1) is 15.1. The number of nitrogens with one attached hydrogen (secondary N) is 2. The highest BCUT2D eigenvalue weighted by atomic mass is 16.2. The summed E-state index contributed by atoms with van der Waals surface area (Å²) in [5.74, 6) is 0.153. The van der Waals surface area contributed by atoms with E-state index in [0.29, 0.717) is 18.9 Å². The Morgan fingerprint density at radius 3 is 2.48 bits per heavy atom. The number of hydrogen-bond acceptors (Lipinski definition) is 3. The fourth-order valence-electron chi connectivity index (χ4n) is 3.72. The molecular weight excluding hydrogens is 388 g/mol. The molecule has 0 saturated carbocycles. The zero-order valence-electron chi connectivity index (χ0n) is 17.5. The van der Waals surface area contributed by atoms with Crippen LogP contribution in [-0.4, -0.2) is 34.9 Å². The molecule has 2 aromatic carbocycles. The van der Waals surface area contributed by atoms with Crippen LogP contribution < -0.4 is 10.6 Å². The minimum Gasteiger partial charge on any atom is -0.324 e. The predicted molar refractivity (Wildman–Crippen MR) is 123 cm³/mol. The first kappa shape index (κ1) is 20.6. The molecule has 2 N–H and O–H groups in total. The van der Waals surface area contributed by atoms with Gasteiger partial charge in [-0.05, 0) is 44.0 Å². The second-order valence-corrected chi connectivity index (χ2v) is 7.84. The van der Waals surface area contributed by atoms with Gasteiger partial charge >= 0.3 is 6.03 Å². The van der Waals surface area contributed by atoms with E-state index in [1.54, 1.807) is 11.0 Å². The molecule has 1 aliphatic rings. The predicted octanol–water partition coefficient (Wildman–Crippen LogP) is 4.94. The van der Waals surface area contributed by atoms with Gasteiger partial charge in [-0.2, -0.15) is 0 Å². The molecule has 31 heavy (non-hydrogen) atoms. The van der Waals surface area contributed by atoms with Crippen LogP contribution in [0.5, 0.6) is 0 Å². The number of para-hydroxylation sites is 1. The minimum absolute atomic E-state index is 0.106. The summed E-state index contributed by atoms with van der Waals surface area (Å²) in [6.07, 6.45) is 1.54. The zero-order valence-corrected chi connectivity index (χ0v) is 17.5. The van der Waals surface area contributed by atoms with Crippen molar-refractivity contribution in [3.63, 3.8) is 0 Å². The van der Waals surface area contributed by atoms with Crippen molar-refractivity contribution in [3.05, 3.63) is 78.4 Å². The van der Waals surface area contributed by atoms with E-state index in [-0.39, 0.29) is 17.9 Å². The van der Waals surface area contributed by atoms with Crippen LogP contribution in [0.25, 0.3) is 11.3 Å². The lowest BCUT2D eigenvalue weighted by molar-refractivity contribution is -0.121. The fourth-order valence-corrected chi connectivity index (χ4v) is 3.72. The number of aryl methyl sites for hydroxylation is 1. The Kier molecular flexibility index (Phi) is 6.26. The van der Waals surface area contributed by atoms with Gasteiger partial charge in [0.05, 0.1) is 11.6 Å². The molecule has 6 nitrogen and oxygen atoms in total. The van der Waals surface area contributed by atoms with E-state index >= 15 is 0 Å². The van der Waals surface area contributed by atoms with Gasteiger partial charge in [-0.3, -0.25) is 4.79 Å². The lowest BCUT2D eigenvalue weighted by Gasteiger charge is -2.32. The molecule has 0 bridgehead atoms. The first-order valence-corrected chi connectivity index (χ1v) is 10.5. The first-order valence-electron chi connectivity index (χ1n) is 10.5. The van der Waals surface area contributed by atoms with E-state index in [1.165, 1.54) is 5.56 Å². The normalized spacial score (nSPS) is 15.9. The van der Waals surface area contributed by atoms with Gasteiger partial charge in [0.15, 0.2) is 0 Å². The number of carbonyl (C=O) groups excluding carboxylic acids is 2. The van der Waals surface area contributed by atoms with Crippen LogP contribution in [0.4, 0.5) is 16.3 Å². The lowest BCUT2D eigenvalue weighted by atomic mass is 9.97. The van der Waals surface area contributed by atoms with Gasteiger partial charge in [-0.15, -0.1) is 0 Å². The molecule has 4 rings (SSSR count). The highest BCUT2D eigenvalue weighted by Gasteiger charge is 2.28. The van der Waals surface area contributed by atoms with Crippen molar-refractivity contribution in [2.75, 3.05) is 23.7 Å². The number of hydrogen-bond donors (Lipinski definition) is 2. The molecule has 1 aliphatic heterocycles. The molecular formula is C25H26N4O2. The number of aromatic nitrogens is 1. The molecule has 6 heteroatoms. The summed E-state index contributed by atoms with van der Waals surface area (Å²) in [7, 11) is 0. The van der Waals surface area contributed by atoms with Gasteiger partial charge in [0, 0.05) is 24.3 Å². The lowest BCUT2D eigenvalue weighted by Crippen LogP contribution is -2.45. The van der Waals surface area contributed by atoms with Crippen LogP contribution in [0.3, 0.4) is 0 Å². The maximum Gasteiger partial charge on any atom is 0.321 e. The topological polar surface area (TPSA) is 74.3 Å². The van der Waals surface area contributed by atoms with Crippen molar-refractivity contribution in [2.45, 2.75) is 19.8 Å². The van der Waals surface area contributed by atoms with E-state index < -0.39 is 0 Å². The van der Waals surface area contributed by atoms with Crippen LogP contribution in [0.2, 0.25) is 0 Å². The molecule has 1 unspecified atom stereocenters. The molecule has 1 saturated heterocycles. The number of anilines is 2. The van der Waals surface area contributed by atoms with Crippen molar-refractivity contribution in [2.24, 2.45) is 5.92 Å².